The Kier molecular flexibility index (Phi) is 3.75. The molecule has 0 amide bonds. The summed E-state index contributed by atoms with van der Waals surface area (Å²) in [6.07, 6.45) is 1.65. The minimum absolute atomic E-state index is 0.371. The summed E-state index contributed by atoms with van der Waals surface area (Å²) in [7, 11) is 3.16. The zero-order chi connectivity index (χ0) is 13.8. The molecule has 0 aliphatic carbocycles. The highest BCUT2D eigenvalue weighted by Gasteiger charge is 2.08. The van der Waals surface area contributed by atoms with Crippen LogP contribution in [0.4, 0.5) is 5.69 Å². The largest absolute Gasteiger partial charge is 0.496 e. The number of hydrogen-bond donors (Lipinski definition) is 1. The lowest BCUT2D eigenvalue weighted by Gasteiger charge is -2.11. The number of pyridine rings is 1. The van der Waals surface area contributed by atoms with Gasteiger partial charge in [0.1, 0.15) is 17.2 Å². The summed E-state index contributed by atoms with van der Waals surface area (Å²) in [4.78, 5) is 4.12. The first-order valence-electron chi connectivity index (χ1n) is 5.76. The molecule has 1 aromatic heterocycles. The minimum atomic E-state index is 0.371. The van der Waals surface area contributed by atoms with Crippen molar-refractivity contribution in [2.24, 2.45) is 0 Å². The zero-order valence-corrected chi connectivity index (χ0v) is 11.1. The SMILES string of the molecule is COc1cc(OC)cc(Oc2nccc(C)c2N)c1. The second-order valence-electron chi connectivity index (χ2n) is 4.00. The number of anilines is 1. The van der Waals surface area contributed by atoms with E-state index in [4.69, 9.17) is 19.9 Å². The fraction of sp³-hybridized carbons (Fsp3) is 0.214. The second-order valence-corrected chi connectivity index (χ2v) is 4.00. The number of nitrogens with zero attached hydrogens (tertiary/aromatic N) is 1. The van der Waals surface area contributed by atoms with Crippen LogP contribution in [0.15, 0.2) is 30.5 Å². The third kappa shape index (κ3) is 2.88. The van der Waals surface area contributed by atoms with Gasteiger partial charge in [-0.05, 0) is 18.6 Å². The van der Waals surface area contributed by atoms with Gasteiger partial charge in [-0.15, -0.1) is 0 Å². The molecule has 5 nitrogen and oxygen atoms in total. The lowest BCUT2D eigenvalue weighted by molar-refractivity contribution is 0.385. The quantitative estimate of drug-likeness (QED) is 0.915. The molecular weight excluding hydrogens is 244 g/mol. The maximum absolute atomic E-state index is 5.92. The van der Waals surface area contributed by atoms with Crippen LogP contribution < -0.4 is 19.9 Å². The maximum Gasteiger partial charge on any atom is 0.242 e. The van der Waals surface area contributed by atoms with Crippen LogP contribution in [0.2, 0.25) is 0 Å². The van der Waals surface area contributed by atoms with Gasteiger partial charge in [0.05, 0.1) is 19.9 Å². The number of ether oxygens (including phenoxy) is 3. The molecule has 0 fully saturated rings. The van der Waals surface area contributed by atoms with E-state index in [1.54, 1.807) is 38.6 Å². The molecule has 19 heavy (non-hydrogen) atoms. The van der Waals surface area contributed by atoms with Gasteiger partial charge >= 0.3 is 0 Å². The number of nitrogen functional groups attached to an aromatic ring is 1. The lowest BCUT2D eigenvalue weighted by atomic mass is 10.2. The Morgan fingerprint density at radius 3 is 2.16 bits per heavy atom. The highest BCUT2D eigenvalue weighted by Crippen LogP contribution is 2.32. The Bertz CT molecular complexity index is 563. The summed E-state index contributed by atoms with van der Waals surface area (Å²) < 4.78 is 16.0. The first kappa shape index (κ1) is 13.0. The van der Waals surface area contributed by atoms with Gasteiger partial charge in [-0.3, -0.25) is 0 Å². The van der Waals surface area contributed by atoms with E-state index in [9.17, 15) is 0 Å². The second kappa shape index (κ2) is 5.48. The first-order chi connectivity index (χ1) is 9.13. The molecule has 0 aliphatic rings. The van der Waals surface area contributed by atoms with E-state index in [2.05, 4.69) is 4.98 Å². The topological polar surface area (TPSA) is 66.6 Å². The first-order valence-corrected chi connectivity index (χ1v) is 5.76. The predicted octanol–water partition coefficient (Wildman–Crippen LogP) is 2.78. The monoisotopic (exact) mass is 260 g/mol. The van der Waals surface area contributed by atoms with Crippen molar-refractivity contribution in [3.05, 3.63) is 36.0 Å². The number of aryl methyl sites for hydroxylation is 1. The summed E-state index contributed by atoms with van der Waals surface area (Å²) in [5.41, 5.74) is 7.36. The Morgan fingerprint density at radius 1 is 1.00 bits per heavy atom. The molecule has 1 aromatic carbocycles. The van der Waals surface area contributed by atoms with Gasteiger partial charge in [0.25, 0.3) is 0 Å². The third-order valence-electron chi connectivity index (χ3n) is 2.71. The number of hydrogen-bond acceptors (Lipinski definition) is 5. The van der Waals surface area contributed by atoms with Gasteiger partial charge in [-0.25, -0.2) is 4.98 Å². The van der Waals surface area contributed by atoms with Crippen LogP contribution in [0.3, 0.4) is 0 Å². The Balaban J connectivity index is 2.34. The van der Waals surface area contributed by atoms with Crippen LogP contribution in [0, 0.1) is 6.92 Å². The van der Waals surface area contributed by atoms with Crippen molar-refractivity contribution in [3.63, 3.8) is 0 Å². The molecule has 2 N–H and O–H groups in total. The minimum Gasteiger partial charge on any atom is -0.496 e. The van der Waals surface area contributed by atoms with Crippen molar-refractivity contribution in [1.29, 1.82) is 0 Å². The standard InChI is InChI=1S/C14H16N2O3/c1-9-4-5-16-14(13(9)15)19-12-7-10(17-2)6-11(8-12)18-3/h4-8H,15H2,1-3H3. The van der Waals surface area contributed by atoms with Crippen molar-refractivity contribution in [1.82, 2.24) is 4.98 Å². The molecule has 0 unspecified atom stereocenters. The van der Waals surface area contributed by atoms with Crippen molar-refractivity contribution in [2.75, 3.05) is 20.0 Å². The summed E-state index contributed by atoms with van der Waals surface area (Å²) >= 11 is 0. The van der Waals surface area contributed by atoms with Crippen LogP contribution in [0.25, 0.3) is 0 Å². The lowest BCUT2D eigenvalue weighted by Crippen LogP contribution is -1.97. The van der Waals surface area contributed by atoms with E-state index in [0.29, 0.717) is 28.8 Å². The molecule has 2 rings (SSSR count). The van der Waals surface area contributed by atoms with E-state index in [0.717, 1.165) is 5.56 Å². The summed E-state index contributed by atoms with van der Waals surface area (Å²) in [6, 6.07) is 7.08. The molecule has 0 saturated heterocycles. The smallest absolute Gasteiger partial charge is 0.242 e. The van der Waals surface area contributed by atoms with Gasteiger partial charge < -0.3 is 19.9 Å². The molecule has 5 heteroatoms. The molecule has 0 aliphatic heterocycles. The molecule has 0 radical (unpaired) electrons. The number of aromatic nitrogens is 1. The summed E-state index contributed by atoms with van der Waals surface area (Å²) in [5, 5.41) is 0. The number of methoxy groups -OCH3 is 2. The number of nitrogens with two attached hydrogens (primary N) is 1. The van der Waals surface area contributed by atoms with Gasteiger partial charge in [-0.2, -0.15) is 0 Å². The van der Waals surface area contributed by atoms with E-state index >= 15 is 0 Å². The van der Waals surface area contributed by atoms with E-state index in [-0.39, 0.29) is 0 Å². The van der Waals surface area contributed by atoms with Gasteiger partial charge in [0.15, 0.2) is 0 Å². The van der Waals surface area contributed by atoms with E-state index in [1.807, 2.05) is 13.0 Å². The predicted molar refractivity (Wildman–Crippen MR) is 73.0 cm³/mol. The Labute approximate surface area is 111 Å². The normalized spacial score (nSPS) is 10.1. The van der Waals surface area contributed by atoms with Crippen LogP contribution in [-0.2, 0) is 0 Å². The highest BCUT2D eigenvalue weighted by atomic mass is 16.5. The molecule has 0 spiro atoms. The van der Waals surface area contributed by atoms with Crippen LogP contribution in [0.5, 0.6) is 23.1 Å². The van der Waals surface area contributed by atoms with Crippen LogP contribution >= 0.6 is 0 Å². The number of rotatable bonds is 4. The van der Waals surface area contributed by atoms with Gasteiger partial charge in [0.2, 0.25) is 5.88 Å². The van der Waals surface area contributed by atoms with Crippen molar-refractivity contribution >= 4 is 5.69 Å². The third-order valence-corrected chi connectivity index (χ3v) is 2.71. The van der Waals surface area contributed by atoms with Crippen LogP contribution in [-0.4, -0.2) is 19.2 Å². The molecule has 2 aromatic rings. The average Bonchev–Trinajstić information content (AvgIpc) is 2.43. The maximum atomic E-state index is 5.92. The Hall–Kier alpha value is -2.43. The molecule has 1 heterocycles. The molecule has 0 saturated carbocycles. The molecule has 100 valence electrons. The summed E-state index contributed by atoms with van der Waals surface area (Å²) in [6.45, 7) is 1.90. The average molecular weight is 260 g/mol. The van der Waals surface area contributed by atoms with Crippen molar-refractivity contribution in [2.45, 2.75) is 6.92 Å². The van der Waals surface area contributed by atoms with E-state index < -0.39 is 0 Å². The molecule has 0 bridgehead atoms. The molecule has 0 atom stereocenters. The highest BCUT2D eigenvalue weighted by molar-refractivity contribution is 5.55. The Morgan fingerprint density at radius 2 is 1.58 bits per heavy atom. The van der Waals surface area contributed by atoms with E-state index in [1.165, 1.54) is 0 Å². The van der Waals surface area contributed by atoms with Crippen molar-refractivity contribution < 1.29 is 14.2 Å². The van der Waals surface area contributed by atoms with Gasteiger partial charge in [-0.1, -0.05) is 0 Å². The number of benzene rings is 1. The van der Waals surface area contributed by atoms with Crippen LogP contribution in [0.1, 0.15) is 5.56 Å². The fourth-order valence-electron chi connectivity index (χ4n) is 1.58. The zero-order valence-electron chi connectivity index (χ0n) is 11.1. The molecular formula is C14H16N2O3. The van der Waals surface area contributed by atoms with Crippen molar-refractivity contribution in [3.8, 4) is 23.1 Å². The van der Waals surface area contributed by atoms with Gasteiger partial charge in [0, 0.05) is 24.4 Å². The summed E-state index contributed by atoms with van der Waals surface area (Å²) in [5.74, 6) is 2.21. The fourth-order valence-corrected chi connectivity index (χ4v) is 1.58.